The minimum Gasteiger partial charge on any atom is -0.383 e. The number of hydrogen-bond acceptors (Lipinski definition) is 3. The summed E-state index contributed by atoms with van der Waals surface area (Å²) >= 11 is 0. The third-order valence-electron chi connectivity index (χ3n) is 3.18. The normalized spacial score (nSPS) is 14.2. The predicted octanol–water partition coefficient (Wildman–Crippen LogP) is 2.58. The van der Waals surface area contributed by atoms with Crippen LogP contribution in [0.2, 0.25) is 0 Å². The van der Waals surface area contributed by atoms with E-state index in [1.165, 1.54) is 6.07 Å². The SMILES string of the molecule is CCN(c1c(F)cccc1CC(C)N)C(C)COC. The molecule has 2 N–H and O–H groups in total. The molecule has 0 aliphatic rings. The Morgan fingerprint density at radius 1 is 1.37 bits per heavy atom. The Morgan fingerprint density at radius 3 is 2.58 bits per heavy atom. The third kappa shape index (κ3) is 4.18. The Balaban J connectivity index is 3.13. The van der Waals surface area contributed by atoms with Gasteiger partial charge in [-0.1, -0.05) is 12.1 Å². The number of rotatable bonds is 7. The van der Waals surface area contributed by atoms with Crippen molar-refractivity contribution in [1.29, 1.82) is 0 Å². The van der Waals surface area contributed by atoms with E-state index < -0.39 is 0 Å². The molecule has 0 aliphatic carbocycles. The van der Waals surface area contributed by atoms with Gasteiger partial charge < -0.3 is 15.4 Å². The highest BCUT2D eigenvalue weighted by Gasteiger charge is 2.20. The van der Waals surface area contributed by atoms with Crippen molar-refractivity contribution in [1.82, 2.24) is 0 Å². The van der Waals surface area contributed by atoms with Crippen molar-refractivity contribution in [2.45, 2.75) is 39.3 Å². The summed E-state index contributed by atoms with van der Waals surface area (Å²) in [4.78, 5) is 2.04. The van der Waals surface area contributed by atoms with Crippen molar-refractivity contribution in [3.05, 3.63) is 29.6 Å². The molecule has 0 heterocycles. The molecule has 1 aromatic carbocycles. The van der Waals surface area contributed by atoms with Gasteiger partial charge in [0.15, 0.2) is 0 Å². The monoisotopic (exact) mass is 268 g/mol. The molecule has 4 heteroatoms. The lowest BCUT2D eigenvalue weighted by Crippen LogP contribution is -2.37. The van der Waals surface area contributed by atoms with Crippen LogP contribution in [0.3, 0.4) is 0 Å². The van der Waals surface area contributed by atoms with Gasteiger partial charge >= 0.3 is 0 Å². The number of methoxy groups -OCH3 is 1. The highest BCUT2D eigenvalue weighted by atomic mass is 19.1. The lowest BCUT2D eigenvalue weighted by Gasteiger charge is -2.32. The zero-order valence-corrected chi connectivity index (χ0v) is 12.3. The van der Waals surface area contributed by atoms with Gasteiger partial charge in [-0.2, -0.15) is 0 Å². The summed E-state index contributed by atoms with van der Waals surface area (Å²) in [7, 11) is 1.66. The molecule has 0 amide bonds. The molecule has 0 bridgehead atoms. The van der Waals surface area contributed by atoms with E-state index in [1.807, 2.05) is 31.7 Å². The number of likely N-dealkylation sites (N-methyl/N-ethyl adjacent to an activating group) is 1. The number of halogens is 1. The van der Waals surface area contributed by atoms with Crippen molar-refractivity contribution in [3.8, 4) is 0 Å². The van der Waals surface area contributed by atoms with Gasteiger partial charge in [0.05, 0.1) is 12.3 Å². The minimum atomic E-state index is -0.192. The number of benzene rings is 1. The van der Waals surface area contributed by atoms with Gasteiger partial charge in [-0.15, -0.1) is 0 Å². The van der Waals surface area contributed by atoms with Crippen LogP contribution >= 0.6 is 0 Å². The fourth-order valence-corrected chi connectivity index (χ4v) is 2.41. The lowest BCUT2D eigenvalue weighted by molar-refractivity contribution is 0.181. The molecule has 0 fully saturated rings. The molecule has 0 saturated carbocycles. The van der Waals surface area contributed by atoms with E-state index in [-0.39, 0.29) is 17.9 Å². The maximum atomic E-state index is 14.2. The first-order valence-corrected chi connectivity index (χ1v) is 6.79. The molecular formula is C15H25FN2O. The van der Waals surface area contributed by atoms with Gasteiger partial charge in [0.1, 0.15) is 5.82 Å². The molecule has 1 rings (SSSR count). The zero-order valence-electron chi connectivity index (χ0n) is 12.3. The quantitative estimate of drug-likeness (QED) is 0.826. The van der Waals surface area contributed by atoms with Crippen LogP contribution in [0.1, 0.15) is 26.3 Å². The molecule has 0 spiro atoms. The van der Waals surface area contributed by atoms with Crippen LogP contribution in [-0.2, 0) is 11.2 Å². The first kappa shape index (κ1) is 15.9. The second-order valence-corrected chi connectivity index (χ2v) is 5.02. The van der Waals surface area contributed by atoms with Crippen LogP contribution in [0.15, 0.2) is 18.2 Å². The summed E-state index contributed by atoms with van der Waals surface area (Å²) in [5.74, 6) is -0.192. The molecule has 3 nitrogen and oxygen atoms in total. The molecule has 108 valence electrons. The zero-order chi connectivity index (χ0) is 14.4. The Hall–Kier alpha value is -1.13. The second kappa shape index (κ2) is 7.46. The molecule has 2 unspecified atom stereocenters. The molecule has 0 aliphatic heterocycles. The molecule has 19 heavy (non-hydrogen) atoms. The van der Waals surface area contributed by atoms with E-state index >= 15 is 0 Å². The molecule has 0 radical (unpaired) electrons. The number of nitrogens with zero attached hydrogens (tertiary/aromatic N) is 1. The second-order valence-electron chi connectivity index (χ2n) is 5.02. The highest BCUT2D eigenvalue weighted by Crippen LogP contribution is 2.27. The molecule has 0 aromatic heterocycles. The van der Waals surface area contributed by atoms with Crippen molar-refractivity contribution < 1.29 is 9.13 Å². The van der Waals surface area contributed by atoms with Gasteiger partial charge in [-0.05, 0) is 38.8 Å². The molecule has 1 aromatic rings. The molecule has 2 atom stereocenters. The summed E-state index contributed by atoms with van der Waals surface area (Å²) in [6.07, 6.45) is 0.670. The van der Waals surface area contributed by atoms with Crippen molar-refractivity contribution in [3.63, 3.8) is 0 Å². The smallest absolute Gasteiger partial charge is 0.146 e. The van der Waals surface area contributed by atoms with E-state index in [1.54, 1.807) is 13.2 Å². The largest absolute Gasteiger partial charge is 0.383 e. The van der Waals surface area contributed by atoms with E-state index in [9.17, 15) is 4.39 Å². The average Bonchev–Trinajstić information content (AvgIpc) is 2.33. The number of hydrogen-bond donors (Lipinski definition) is 1. The van der Waals surface area contributed by atoms with Crippen LogP contribution in [0.5, 0.6) is 0 Å². The lowest BCUT2D eigenvalue weighted by atomic mass is 10.0. The van der Waals surface area contributed by atoms with Crippen molar-refractivity contribution >= 4 is 5.69 Å². The summed E-state index contributed by atoms with van der Waals surface area (Å²) in [6.45, 7) is 7.30. The van der Waals surface area contributed by atoms with Crippen LogP contribution in [0.25, 0.3) is 0 Å². The van der Waals surface area contributed by atoms with Gasteiger partial charge in [-0.3, -0.25) is 0 Å². The predicted molar refractivity (Wildman–Crippen MR) is 78.1 cm³/mol. The minimum absolute atomic E-state index is 0.0111. The van der Waals surface area contributed by atoms with E-state index in [2.05, 4.69) is 0 Å². The van der Waals surface area contributed by atoms with Gasteiger partial charge in [0, 0.05) is 25.7 Å². The Bertz CT molecular complexity index is 396. The van der Waals surface area contributed by atoms with Crippen LogP contribution in [-0.4, -0.2) is 32.3 Å². The Morgan fingerprint density at radius 2 is 2.05 bits per heavy atom. The third-order valence-corrected chi connectivity index (χ3v) is 3.18. The van der Waals surface area contributed by atoms with Crippen LogP contribution in [0, 0.1) is 5.82 Å². The number of anilines is 1. The summed E-state index contributed by atoms with van der Waals surface area (Å²) in [5.41, 5.74) is 7.47. The highest BCUT2D eigenvalue weighted by molar-refractivity contribution is 5.56. The summed E-state index contributed by atoms with van der Waals surface area (Å²) < 4.78 is 19.4. The van der Waals surface area contributed by atoms with Gasteiger partial charge in [-0.25, -0.2) is 4.39 Å². The van der Waals surface area contributed by atoms with E-state index in [0.717, 1.165) is 12.1 Å². The van der Waals surface area contributed by atoms with Crippen molar-refractivity contribution in [2.24, 2.45) is 5.73 Å². The number of ether oxygens (including phenoxy) is 1. The van der Waals surface area contributed by atoms with Gasteiger partial charge in [0.2, 0.25) is 0 Å². The maximum absolute atomic E-state index is 14.2. The fourth-order valence-electron chi connectivity index (χ4n) is 2.41. The van der Waals surface area contributed by atoms with Crippen molar-refractivity contribution in [2.75, 3.05) is 25.2 Å². The van der Waals surface area contributed by atoms with E-state index in [4.69, 9.17) is 10.5 Å². The van der Waals surface area contributed by atoms with E-state index in [0.29, 0.717) is 18.7 Å². The Labute approximate surface area is 115 Å². The van der Waals surface area contributed by atoms with Crippen LogP contribution < -0.4 is 10.6 Å². The molecular weight excluding hydrogens is 243 g/mol. The fraction of sp³-hybridized carbons (Fsp3) is 0.600. The first-order valence-electron chi connectivity index (χ1n) is 6.79. The topological polar surface area (TPSA) is 38.5 Å². The Kier molecular flexibility index (Phi) is 6.25. The maximum Gasteiger partial charge on any atom is 0.146 e. The number of nitrogens with two attached hydrogens (primary N) is 1. The standard InChI is InChI=1S/C15H25FN2O/c1-5-18(12(3)10-19-4)15-13(9-11(2)17)7-6-8-14(15)16/h6-8,11-12H,5,9-10,17H2,1-4H3. The first-order chi connectivity index (χ1) is 9.01. The summed E-state index contributed by atoms with van der Waals surface area (Å²) in [5, 5.41) is 0. The van der Waals surface area contributed by atoms with Gasteiger partial charge in [0.25, 0.3) is 0 Å². The van der Waals surface area contributed by atoms with Crippen LogP contribution in [0.4, 0.5) is 10.1 Å². The number of para-hydroxylation sites is 1. The molecule has 0 saturated heterocycles. The summed E-state index contributed by atoms with van der Waals surface area (Å²) in [6, 6.07) is 5.33. The average molecular weight is 268 g/mol.